The van der Waals surface area contributed by atoms with Gasteiger partial charge in [-0.1, -0.05) is 30.3 Å². The second kappa shape index (κ2) is 8.51. The van der Waals surface area contributed by atoms with Gasteiger partial charge in [0.15, 0.2) is 0 Å². The van der Waals surface area contributed by atoms with E-state index < -0.39 is 23.9 Å². The Labute approximate surface area is 158 Å². The third-order valence-corrected chi connectivity index (χ3v) is 3.53. The van der Waals surface area contributed by atoms with E-state index >= 15 is 0 Å². The van der Waals surface area contributed by atoms with Gasteiger partial charge in [0.2, 0.25) is 0 Å². The molecule has 0 aromatic heterocycles. The van der Waals surface area contributed by atoms with Crippen molar-refractivity contribution in [3.05, 3.63) is 54.6 Å². The molecule has 28 heavy (non-hydrogen) atoms. The molecule has 1 unspecified atom stereocenters. The van der Waals surface area contributed by atoms with Crippen molar-refractivity contribution in [1.29, 1.82) is 0 Å². The highest BCUT2D eigenvalue weighted by molar-refractivity contribution is 5.95. The van der Waals surface area contributed by atoms with Crippen molar-refractivity contribution >= 4 is 17.7 Å². The van der Waals surface area contributed by atoms with Crippen molar-refractivity contribution < 1.29 is 37.0 Å². The van der Waals surface area contributed by atoms with Crippen LogP contribution in [0.1, 0.15) is 0 Å². The fraction of sp³-hybridized carbons (Fsp3) is 0.222. The Hall–Kier alpha value is -3.43. The molecule has 1 atom stereocenters. The zero-order valence-electron chi connectivity index (χ0n) is 14.9. The third-order valence-electron chi connectivity index (χ3n) is 3.53. The third kappa shape index (κ3) is 4.45. The minimum Gasteiger partial charge on any atom is -0.495 e. The van der Waals surface area contributed by atoms with E-state index in [1.807, 2.05) is 0 Å². The maximum atomic E-state index is 13.8. The Bertz CT molecular complexity index is 829. The molecule has 2 rings (SSSR count). The molecule has 0 bridgehead atoms. The van der Waals surface area contributed by atoms with E-state index in [-0.39, 0.29) is 17.2 Å². The second-order valence-corrected chi connectivity index (χ2v) is 5.37. The monoisotopic (exact) mass is 398 g/mol. The standard InChI is InChI=1S/C18H17F3N2O5/c1-26-14-11-7-6-10-13(14)22-16(25)23-17(15(24)27-2,18(19,20)21)28-12-8-4-3-5-9-12/h3-11H,1-2H3,(H2,22,23,25). The van der Waals surface area contributed by atoms with Gasteiger partial charge in [-0.3, -0.25) is 5.32 Å². The van der Waals surface area contributed by atoms with Gasteiger partial charge in [-0.25, -0.2) is 9.59 Å². The van der Waals surface area contributed by atoms with Crippen LogP contribution in [0.25, 0.3) is 0 Å². The molecule has 10 heteroatoms. The maximum Gasteiger partial charge on any atom is 0.460 e. The molecule has 2 aromatic rings. The summed E-state index contributed by atoms with van der Waals surface area (Å²) in [6.45, 7) is 0. The molecular weight excluding hydrogens is 381 g/mol. The zero-order chi connectivity index (χ0) is 20.8. The van der Waals surface area contributed by atoms with Crippen molar-refractivity contribution in [2.45, 2.75) is 11.9 Å². The van der Waals surface area contributed by atoms with Crippen LogP contribution in [0.2, 0.25) is 0 Å². The van der Waals surface area contributed by atoms with E-state index in [4.69, 9.17) is 9.47 Å². The number of esters is 1. The van der Waals surface area contributed by atoms with Crippen LogP contribution in [-0.2, 0) is 9.53 Å². The van der Waals surface area contributed by atoms with Crippen molar-refractivity contribution in [1.82, 2.24) is 5.32 Å². The number of nitrogens with one attached hydrogen (secondary N) is 2. The number of carbonyl (C=O) groups excluding carboxylic acids is 2. The Morgan fingerprint density at radius 2 is 1.54 bits per heavy atom. The summed E-state index contributed by atoms with van der Waals surface area (Å²) in [4.78, 5) is 24.3. The fourth-order valence-electron chi connectivity index (χ4n) is 2.23. The molecule has 2 N–H and O–H groups in total. The first-order valence-corrected chi connectivity index (χ1v) is 7.85. The van der Waals surface area contributed by atoms with Crippen LogP contribution in [0, 0.1) is 0 Å². The summed E-state index contributed by atoms with van der Waals surface area (Å²) in [5.41, 5.74) is -3.68. The van der Waals surface area contributed by atoms with Crippen LogP contribution in [0.3, 0.4) is 0 Å². The molecule has 0 aliphatic rings. The van der Waals surface area contributed by atoms with Crippen molar-refractivity contribution in [3.63, 3.8) is 0 Å². The number of anilines is 1. The summed E-state index contributed by atoms with van der Waals surface area (Å²) in [6.07, 6.45) is -5.34. The molecule has 0 spiro atoms. The van der Waals surface area contributed by atoms with Gasteiger partial charge in [0, 0.05) is 0 Å². The Balaban J connectivity index is 2.37. The molecule has 0 aliphatic heterocycles. The van der Waals surface area contributed by atoms with E-state index in [0.717, 1.165) is 7.11 Å². The highest BCUT2D eigenvalue weighted by atomic mass is 19.4. The van der Waals surface area contributed by atoms with Gasteiger partial charge in [-0.05, 0) is 24.3 Å². The molecule has 150 valence electrons. The lowest BCUT2D eigenvalue weighted by atomic mass is 10.2. The minimum absolute atomic E-state index is 0.0863. The number of benzene rings is 2. The number of ether oxygens (including phenoxy) is 3. The molecule has 0 saturated heterocycles. The Kier molecular flexibility index (Phi) is 6.34. The van der Waals surface area contributed by atoms with Gasteiger partial charge in [0.25, 0.3) is 0 Å². The number of para-hydroxylation sites is 3. The van der Waals surface area contributed by atoms with Crippen LogP contribution >= 0.6 is 0 Å². The van der Waals surface area contributed by atoms with Gasteiger partial charge in [0.1, 0.15) is 11.5 Å². The highest BCUT2D eigenvalue weighted by Gasteiger charge is 2.66. The largest absolute Gasteiger partial charge is 0.495 e. The van der Waals surface area contributed by atoms with Crippen LogP contribution in [0.4, 0.5) is 23.7 Å². The summed E-state index contributed by atoms with van der Waals surface area (Å²) >= 11 is 0. The van der Waals surface area contributed by atoms with E-state index in [1.165, 1.54) is 49.6 Å². The predicted octanol–water partition coefficient (Wildman–Crippen LogP) is 3.33. The average Bonchev–Trinajstić information content (AvgIpc) is 2.67. The Morgan fingerprint density at radius 1 is 0.929 bits per heavy atom. The van der Waals surface area contributed by atoms with Crippen LogP contribution in [0.15, 0.2) is 54.6 Å². The first-order chi connectivity index (χ1) is 13.2. The molecule has 0 fully saturated rings. The summed E-state index contributed by atoms with van der Waals surface area (Å²) in [5.74, 6) is -1.95. The molecule has 2 amide bonds. The lowest BCUT2D eigenvalue weighted by Crippen LogP contribution is -2.68. The SMILES string of the molecule is COC(=O)C(NC(=O)Nc1ccccc1OC)(Oc1ccccc1)C(F)(F)F. The van der Waals surface area contributed by atoms with E-state index in [9.17, 15) is 22.8 Å². The molecule has 2 aromatic carbocycles. The van der Waals surface area contributed by atoms with E-state index in [0.29, 0.717) is 0 Å². The van der Waals surface area contributed by atoms with E-state index in [2.05, 4.69) is 10.1 Å². The first kappa shape index (κ1) is 20.9. The summed E-state index contributed by atoms with van der Waals surface area (Å²) in [6, 6.07) is 11.4. The molecule has 0 saturated carbocycles. The van der Waals surface area contributed by atoms with Crippen LogP contribution in [0.5, 0.6) is 11.5 Å². The summed E-state index contributed by atoms with van der Waals surface area (Å²) in [7, 11) is 2.07. The number of halogens is 3. The lowest BCUT2D eigenvalue weighted by Gasteiger charge is -2.33. The van der Waals surface area contributed by atoms with Gasteiger partial charge in [-0.15, -0.1) is 0 Å². The van der Waals surface area contributed by atoms with Crippen LogP contribution < -0.4 is 20.1 Å². The molecule has 0 aliphatic carbocycles. The quantitative estimate of drug-likeness (QED) is 0.576. The summed E-state index contributed by atoms with van der Waals surface area (Å²) < 4.78 is 55.7. The minimum atomic E-state index is -5.34. The average molecular weight is 398 g/mol. The molecule has 0 heterocycles. The van der Waals surface area contributed by atoms with E-state index in [1.54, 1.807) is 17.4 Å². The number of urea groups is 1. The molecule has 7 nitrogen and oxygen atoms in total. The second-order valence-electron chi connectivity index (χ2n) is 5.37. The lowest BCUT2D eigenvalue weighted by molar-refractivity contribution is -0.258. The molecular formula is C18H17F3N2O5. The highest BCUT2D eigenvalue weighted by Crippen LogP contribution is 2.34. The summed E-state index contributed by atoms with van der Waals surface area (Å²) in [5, 5.41) is 3.73. The van der Waals surface area contributed by atoms with Gasteiger partial charge < -0.3 is 19.5 Å². The van der Waals surface area contributed by atoms with Gasteiger partial charge >= 0.3 is 23.9 Å². The van der Waals surface area contributed by atoms with Crippen molar-refractivity contribution in [2.75, 3.05) is 19.5 Å². The number of alkyl halides is 3. The number of rotatable bonds is 6. The molecule has 0 radical (unpaired) electrons. The van der Waals surface area contributed by atoms with Gasteiger partial charge in [0.05, 0.1) is 19.9 Å². The van der Waals surface area contributed by atoms with Gasteiger partial charge in [-0.2, -0.15) is 13.2 Å². The number of hydrogen-bond acceptors (Lipinski definition) is 5. The first-order valence-electron chi connectivity index (χ1n) is 7.85. The fourth-order valence-corrected chi connectivity index (χ4v) is 2.23. The van der Waals surface area contributed by atoms with Crippen molar-refractivity contribution in [3.8, 4) is 11.5 Å². The Morgan fingerprint density at radius 3 is 2.11 bits per heavy atom. The number of hydrogen-bond donors (Lipinski definition) is 2. The number of carbonyl (C=O) groups is 2. The maximum absolute atomic E-state index is 13.8. The number of methoxy groups -OCH3 is 2. The topological polar surface area (TPSA) is 85.9 Å². The zero-order valence-corrected chi connectivity index (χ0v) is 14.9. The van der Waals surface area contributed by atoms with Crippen molar-refractivity contribution in [2.24, 2.45) is 0 Å². The smallest absolute Gasteiger partial charge is 0.460 e. The van der Waals surface area contributed by atoms with Crippen LogP contribution in [-0.4, -0.2) is 38.1 Å². The normalized spacial score (nSPS) is 13.0. The predicted molar refractivity (Wildman–Crippen MR) is 93.0 cm³/mol. The number of amides is 2.